The number of fused-ring (bicyclic) bond motifs is 2. The molecule has 266 valence electrons. The molecule has 6 rings (SSSR count). The predicted molar refractivity (Wildman–Crippen MR) is 227 cm³/mol. The lowest BCUT2D eigenvalue weighted by Crippen LogP contribution is -2.32. The van der Waals surface area contributed by atoms with Crippen LogP contribution in [0.25, 0.3) is 32.6 Å². The zero-order valence-electron chi connectivity index (χ0n) is 32.6. The number of hydrogen-bond donors (Lipinski definition) is 0. The second-order valence-electron chi connectivity index (χ2n) is 15.8. The summed E-state index contributed by atoms with van der Waals surface area (Å²) in [5, 5.41) is 3.38. The first-order valence-electron chi connectivity index (χ1n) is 20.5. The maximum absolute atomic E-state index is 2.70. The Morgan fingerprint density at radius 3 is 1.20 bits per heavy atom. The van der Waals surface area contributed by atoms with E-state index in [2.05, 4.69) is 139 Å². The normalized spacial score (nSPS) is 14.1. The molecule has 0 saturated carbocycles. The zero-order valence-corrected chi connectivity index (χ0v) is 33.6. The van der Waals surface area contributed by atoms with E-state index < -0.39 is 8.07 Å². The number of hydrogen-bond acceptors (Lipinski definition) is 0. The average Bonchev–Trinajstić information content (AvgIpc) is 3.72. The van der Waals surface area contributed by atoms with Crippen LogP contribution in [-0.2, 0) is 12.8 Å². The Kier molecular flexibility index (Phi) is 12.7. The van der Waals surface area contributed by atoms with E-state index in [0.29, 0.717) is 0 Å². The Bertz CT molecular complexity index is 1690. The highest BCUT2D eigenvalue weighted by molar-refractivity contribution is 7.09. The minimum absolute atomic E-state index is 1.14. The van der Waals surface area contributed by atoms with Gasteiger partial charge >= 0.3 is 0 Å². The van der Waals surface area contributed by atoms with E-state index in [-0.39, 0.29) is 0 Å². The first-order chi connectivity index (χ1) is 24.9. The molecule has 1 heteroatoms. The van der Waals surface area contributed by atoms with Crippen molar-refractivity contribution in [1.82, 2.24) is 0 Å². The summed E-state index contributed by atoms with van der Waals surface area (Å²) in [6, 6.07) is 33.2. The van der Waals surface area contributed by atoms with Gasteiger partial charge in [0.1, 0.15) is 8.07 Å². The molecule has 2 aliphatic rings. The largest absolute Gasteiger partial charge is 0.113 e. The number of allylic oxidation sites excluding steroid dienone is 2. The van der Waals surface area contributed by atoms with E-state index in [4.69, 9.17) is 0 Å². The van der Waals surface area contributed by atoms with Crippen LogP contribution in [0.2, 0.25) is 13.1 Å². The molecule has 0 aromatic heterocycles. The molecular formula is C50H62Si. The molecule has 0 saturated heterocycles. The molecule has 4 aromatic rings. The maximum atomic E-state index is 2.70. The lowest BCUT2D eigenvalue weighted by atomic mass is 9.95. The summed E-state index contributed by atoms with van der Waals surface area (Å²) >= 11 is 0. The van der Waals surface area contributed by atoms with Crippen LogP contribution in [0.4, 0.5) is 0 Å². The summed E-state index contributed by atoms with van der Waals surface area (Å²) in [7, 11) is -2.28. The topological polar surface area (TPSA) is 0 Å². The van der Waals surface area contributed by atoms with Crippen molar-refractivity contribution in [2.45, 2.75) is 131 Å². The quantitative estimate of drug-likeness (QED) is 0.0720. The highest BCUT2D eigenvalue weighted by atomic mass is 28.3. The molecule has 0 fully saturated rings. The fourth-order valence-electron chi connectivity index (χ4n) is 8.97. The van der Waals surface area contributed by atoms with Gasteiger partial charge in [0.05, 0.1) is 0 Å². The van der Waals surface area contributed by atoms with Gasteiger partial charge < -0.3 is 0 Å². The first-order valence-corrected chi connectivity index (χ1v) is 23.5. The SMILES string of the molecule is CCCCCCC1=C([Si](C)(C)C2=C(CCCCCC)[CH]c3cccc(-c4ccc(CCC)cc4)c32)c2c(cccc2-c2ccc(CCC)cc2)[CH]1. The van der Waals surface area contributed by atoms with Crippen molar-refractivity contribution in [3.63, 3.8) is 0 Å². The van der Waals surface area contributed by atoms with Crippen molar-refractivity contribution in [3.05, 3.63) is 142 Å². The number of aryl methyl sites for hydroxylation is 2. The summed E-state index contributed by atoms with van der Waals surface area (Å²) in [5.41, 5.74) is 17.5. The average molecular weight is 691 g/mol. The monoisotopic (exact) mass is 690 g/mol. The number of unbranched alkanes of at least 4 members (excludes halogenated alkanes) is 6. The van der Waals surface area contributed by atoms with E-state index in [1.54, 1.807) is 21.5 Å². The van der Waals surface area contributed by atoms with Crippen LogP contribution >= 0.6 is 0 Å². The number of rotatable bonds is 18. The maximum Gasteiger partial charge on any atom is 0.113 e. The van der Waals surface area contributed by atoms with Crippen molar-refractivity contribution in [2.75, 3.05) is 0 Å². The van der Waals surface area contributed by atoms with Crippen molar-refractivity contribution < 1.29 is 0 Å². The fraction of sp³-hybridized carbons (Fsp3) is 0.400. The second-order valence-corrected chi connectivity index (χ2v) is 20.0. The van der Waals surface area contributed by atoms with Gasteiger partial charge in [-0.2, -0.15) is 0 Å². The van der Waals surface area contributed by atoms with Crippen molar-refractivity contribution in [2.24, 2.45) is 0 Å². The molecule has 0 aliphatic heterocycles. The molecule has 0 amide bonds. The summed E-state index contributed by atoms with van der Waals surface area (Å²) in [6.07, 6.45) is 22.5. The van der Waals surface area contributed by atoms with Crippen molar-refractivity contribution in [1.29, 1.82) is 0 Å². The van der Waals surface area contributed by atoms with E-state index >= 15 is 0 Å². The Morgan fingerprint density at radius 1 is 0.412 bits per heavy atom. The molecule has 0 bridgehead atoms. The van der Waals surface area contributed by atoms with Gasteiger partial charge in [0, 0.05) is 12.8 Å². The molecule has 0 N–H and O–H groups in total. The van der Waals surface area contributed by atoms with Crippen molar-refractivity contribution >= 4 is 18.5 Å². The van der Waals surface area contributed by atoms with Crippen LogP contribution in [0.15, 0.2) is 96.1 Å². The van der Waals surface area contributed by atoms with Crippen molar-refractivity contribution in [3.8, 4) is 22.3 Å². The summed E-state index contributed by atoms with van der Waals surface area (Å²) in [4.78, 5) is 0. The van der Waals surface area contributed by atoms with Gasteiger partial charge in [0.15, 0.2) is 0 Å². The van der Waals surface area contributed by atoms with Gasteiger partial charge in [-0.1, -0.05) is 188 Å². The molecule has 2 aliphatic carbocycles. The molecule has 51 heavy (non-hydrogen) atoms. The molecule has 0 unspecified atom stereocenters. The highest BCUT2D eigenvalue weighted by Crippen LogP contribution is 2.54. The smallest absolute Gasteiger partial charge is 0.0654 e. The third-order valence-electron chi connectivity index (χ3n) is 11.5. The zero-order chi connectivity index (χ0) is 35.8. The Hall–Kier alpha value is -3.42. The molecule has 0 heterocycles. The third-order valence-corrected chi connectivity index (χ3v) is 15.1. The fourth-order valence-corrected chi connectivity index (χ4v) is 13.0. The van der Waals surface area contributed by atoms with Crippen LogP contribution in [0.3, 0.4) is 0 Å². The lowest BCUT2D eigenvalue weighted by Gasteiger charge is -2.33. The standard InChI is InChI=1S/C50H62Si/c1-7-11-13-15-21-43-35-41-23-17-25-45(39-31-27-37(19-9-3)28-32-39)47(41)49(43)51(5,6)50-44(22-16-14-12-8-2)36-42-24-18-26-46(48(42)50)40-33-29-38(20-10-4)30-34-40/h17-18,23-36H,7-16,19-22H2,1-6H3. The Balaban J connectivity index is 1.53. The third kappa shape index (κ3) is 8.15. The van der Waals surface area contributed by atoms with E-state index in [9.17, 15) is 0 Å². The van der Waals surface area contributed by atoms with Crippen LogP contribution in [0, 0.1) is 12.8 Å². The first kappa shape index (κ1) is 37.3. The van der Waals surface area contributed by atoms with Crippen LogP contribution in [0.1, 0.15) is 138 Å². The minimum Gasteiger partial charge on any atom is -0.0654 e. The number of benzene rings is 4. The predicted octanol–water partition coefficient (Wildman–Crippen LogP) is 15.0. The van der Waals surface area contributed by atoms with Gasteiger partial charge in [-0.15, -0.1) is 0 Å². The van der Waals surface area contributed by atoms with Gasteiger partial charge in [-0.05, 0) is 105 Å². The second kappa shape index (κ2) is 17.4. The van der Waals surface area contributed by atoms with E-state index in [0.717, 1.165) is 12.8 Å². The lowest BCUT2D eigenvalue weighted by molar-refractivity contribution is 0.667. The molecule has 0 spiro atoms. The molecule has 4 aromatic carbocycles. The van der Waals surface area contributed by atoms with E-state index in [1.165, 1.54) is 133 Å². The van der Waals surface area contributed by atoms with Crippen LogP contribution in [0.5, 0.6) is 0 Å². The van der Waals surface area contributed by atoms with E-state index in [1.807, 2.05) is 0 Å². The van der Waals surface area contributed by atoms with Gasteiger partial charge in [0.25, 0.3) is 0 Å². The molecule has 0 nitrogen and oxygen atoms in total. The van der Waals surface area contributed by atoms with Gasteiger partial charge in [-0.3, -0.25) is 0 Å². The molecule has 0 atom stereocenters. The summed E-state index contributed by atoms with van der Waals surface area (Å²) < 4.78 is 0. The van der Waals surface area contributed by atoms with Gasteiger partial charge in [0.2, 0.25) is 0 Å². The summed E-state index contributed by atoms with van der Waals surface area (Å²) in [5.74, 6) is 0. The Labute approximate surface area is 312 Å². The molecule has 2 radical (unpaired) electrons. The van der Waals surface area contributed by atoms with Gasteiger partial charge in [-0.25, -0.2) is 0 Å². The van der Waals surface area contributed by atoms with Crippen LogP contribution in [-0.4, -0.2) is 8.07 Å². The van der Waals surface area contributed by atoms with Crippen LogP contribution < -0.4 is 0 Å². The Morgan fingerprint density at radius 2 is 0.824 bits per heavy atom. The minimum atomic E-state index is -2.28. The summed E-state index contributed by atoms with van der Waals surface area (Å²) in [6.45, 7) is 14.6. The molecular weight excluding hydrogens is 629 g/mol. The highest BCUT2D eigenvalue weighted by Gasteiger charge is 2.43.